The molecule has 1 aliphatic rings. The van der Waals surface area contributed by atoms with Gasteiger partial charge in [-0.25, -0.2) is 15.0 Å². The van der Waals surface area contributed by atoms with Crippen molar-refractivity contribution in [2.24, 2.45) is 13.0 Å². The minimum Gasteiger partial charge on any atom is -0.480 e. The lowest BCUT2D eigenvalue weighted by Gasteiger charge is -2.11. The smallest absolute Gasteiger partial charge is 0.229 e. The SMILES string of the molecule is COc1ncnc(OC)c1-c1cc2cc(NC(=O)C3CC3)ncc2n1C. The molecule has 3 aromatic heterocycles. The van der Waals surface area contributed by atoms with Gasteiger partial charge in [0.25, 0.3) is 0 Å². The number of aryl methyl sites for hydroxylation is 1. The number of hydrogen-bond donors (Lipinski definition) is 1. The molecule has 0 aliphatic heterocycles. The Hall–Kier alpha value is -3.16. The Morgan fingerprint density at radius 3 is 2.46 bits per heavy atom. The van der Waals surface area contributed by atoms with Crippen molar-refractivity contribution in [3.63, 3.8) is 0 Å². The molecule has 0 unspecified atom stereocenters. The molecule has 1 N–H and O–H groups in total. The van der Waals surface area contributed by atoms with Crippen LogP contribution in [0.5, 0.6) is 11.8 Å². The summed E-state index contributed by atoms with van der Waals surface area (Å²) in [7, 11) is 5.04. The van der Waals surface area contributed by atoms with E-state index in [1.54, 1.807) is 20.4 Å². The number of amides is 1. The van der Waals surface area contributed by atoms with Gasteiger partial charge in [0.05, 0.1) is 31.6 Å². The zero-order valence-electron chi connectivity index (χ0n) is 14.8. The van der Waals surface area contributed by atoms with Crippen LogP contribution >= 0.6 is 0 Å². The standard InChI is InChI=1S/C18H19N5O3/c1-23-12(15-17(25-2)20-9-21-18(15)26-3)6-11-7-14(19-8-13(11)23)22-16(24)10-4-5-10/h6-10H,4-5H2,1-3H3,(H,19,22,24). The summed E-state index contributed by atoms with van der Waals surface area (Å²) in [4.78, 5) is 24.7. The highest BCUT2D eigenvalue weighted by Gasteiger charge is 2.30. The zero-order chi connectivity index (χ0) is 18.3. The van der Waals surface area contributed by atoms with Crippen LogP contribution in [0.25, 0.3) is 22.2 Å². The fourth-order valence-corrected chi connectivity index (χ4v) is 3.00. The predicted molar refractivity (Wildman–Crippen MR) is 96.2 cm³/mol. The van der Waals surface area contributed by atoms with Crippen LogP contribution in [0.15, 0.2) is 24.7 Å². The van der Waals surface area contributed by atoms with Crippen molar-refractivity contribution in [3.8, 4) is 23.0 Å². The van der Waals surface area contributed by atoms with Crippen LogP contribution in [0, 0.1) is 5.92 Å². The Morgan fingerprint density at radius 1 is 1.15 bits per heavy atom. The van der Waals surface area contributed by atoms with Crippen molar-refractivity contribution >= 4 is 22.6 Å². The molecule has 0 spiro atoms. The van der Waals surface area contributed by atoms with Gasteiger partial charge in [0.1, 0.15) is 17.7 Å². The number of carbonyl (C=O) groups is 1. The van der Waals surface area contributed by atoms with Crippen LogP contribution < -0.4 is 14.8 Å². The van der Waals surface area contributed by atoms with Gasteiger partial charge in [-0.05, 0) is 25.0 Å². The topological polar surface area (TPSA) is 91.2 Å². The number of carbonyl (C=O) groups excluding carboxylic acids is 1. The second-order valence-corrected chi connectivity index (χ2v) is 6.25. The van der Waals surface area contributed by atoms with E-state index in [9.17, 15) is 4.79 Å². The van der Waals surface area contributed by atoms with Crippen LogP contribution in [-0.2, 0) is 11.8 Å². The zero-order valence-corrected chi connectivity index (χ0v) is 14.8. The van der Waals surface area contributed by atoms with Crippen LogP contribution in [0.1, 0.15) is 12.8 Å². The number of nitrogens with one attached hydrogen (secondary N) is 1. The van der Waals surface area contributed by atoms with Gasteiger partial charge in [-0.1, -0.05) is 0 Å². The number of fused-ring (bicyclic) bond motifs is 1. The Bertz CT molecular complexity index is 972. The van der Waals surface area contributed by atoms with Gasteiger partial charge in [0, 0.05) is 18.4 Å². The lowest BCUT2D eigenvalue weighted by Crippen LogP contribution is -2.14. The van der Waals surface area contributed by atoms with Crippen molar-refractivity contribution in [2.75, 3.05) is 19.5 Å². The number of nitrogens with zero attached hydrogens (tertiary/aromatic N) is 4. The fourth-order valence-electron chi connectivity index (χ4n) is 3.00. The maximum absolute atomic E-state index is 12.0. The molecule has 8 heteroatoms. The summed E-state index contributed by atoms with van der Waals surface area (Å²) >= 11 is 0. The Morgan fingerprint density at radius 2 is 1.85 bits per heavy atom. The lowest BCUT2D eigenvalue weighted by atomic mass is 10.2. The third-order valence-corrected chi connectivity index (χ3v) is 4.55. The highest BCUT2D eigenvalue weighted by molar-refractivity contribution is 5.96. The summed E-state index contributed by atoms with van der Waals surface area (Å²) < 4.78 is 12.7. The third kappa shape index (κ3) is 2.73. The summed E-state index contributed by atoms with van der Waals surface area (Å²) in [5.74, 6) is 1.58. The maximum atomic E-state index is 12.0. The van der Waals surface area contributed by atoms with E-state index in [0.29, 0.717) is 23.1 Å². The van der Waals surface area contributed by atoms with E-state index in [2.05, 4.69) is 20.3 Å². The van der Waals surface area contributed by atoms with Gasteiger partial charge in [-0.3, -0.25) is 4.79 Å². The molecule has 0 bridgehead atoms. The predicted octanol–water partition coefficient (Wildman–Crippen LogP) is 2.40. The molecule has 1 amide bonds. The molecule has 1 fully saturated rings. The van der Waals surface area contributed by atoms with Crippen molar-refractivity contribution in [1.29, 1.82) is 0 Å². The van der Waals surface area contributed by atoms with E-state index in [1.807, 2.05) is 23.7 Å². The van der Waals surface area contributed by atoms with E-state index >= 15 is 0 Å². The highest BCUT2D eigenvalue weighted by Crippen LogP contribution is 2.38. The first-order valence-electron chi connectivity index (χ1n) is 8.32. The van der Waals surface area contributed by atoms with Crippen LogP contribution in [-0.4, -0.2) is 39.6 Å². The first kappa shape index (κ1) is 16.3. The normalized spacial score (nSPS) is 13.7. The van der Waals surface area contributed by atoms with E-state index in [-0.39, 0.29) is 11.8 Å². The van der Waals surface area contributed by atoms with Crippen molar-refractivity contribution < 1.29 is 14.3 Å². The van der Waals surface area contributed by atoms with Gasteiger partial charge in [-0.15, -0.1) is 0 Å². The number of rotatable bonds is 5. The number of methoxy groups -OCH3 is 2. The van der Waals surface area contributed by atoms with Gasteiger partial charge < -0.3 is 19.4 Å². The minimum atomic E-state index is 0.0350. The molecular formula is C18H19N5O3. The van der Waals surface area contributed by atoms with Crippen molar-refractivity contribution in [2.45, 2.75) is 12.8 Å². The van der Waals surface area contributed by atoms with E-state index in [1.165, 1.54) is 6.33 Å². The maximum Gasteiger partial charge on any atom is 0.229 e. The molecule has 0 aromatic carbocycles. The van der Waals surface area contributed by atoms with Crippen LogP contribution in [0.3, 0.4) is 0 Å². The van der Waals surface area contributed by atoms with Crippen molar-refractivity contribution in [3.05, 3.63) is 24.7 Å². The van der Waals surface area contributed by atoms with Gasteiger partial charge in [0.15, 0.2) is 0 Å². The monoisotopic (exact) mass is 353 g/mol. The van der Waals surface area contributed by atoms with E-state index < -0.39 is 0 Å². The molecule has 26 heavy (non-hydrogen) atoms. The van der Waals surface area contributed by atoms with Crippen LogP contribution in [0.4, 0.5) is 5.82 Å². The quantitative estimate of drug-likeness (QED) is 0.757. The molecule has 4 rings (SSSR count). The summed E-state index contributed by atoms with van der Waals surface area (Å²) in [6.45, 7) is 0. The summed E-state index contributed by atoms with van der Waals surface area (Å²) in [5, 5.41) is 3.82. The number of pyridine rings is 1. The highest BCUT2D eigenvalue weighted by atomic mass is 16.5. The molecule has 0 saturated heterocycles. The first-order valence-corrected chi connectivity index (χ1v) is 8.32. The summed E-state index contributed by atoms with van der Waals surface area (Å²) in [5.41, 5.74) is 2.42. The minimum absolute atomic E-state index is 0.0350. The first-order chi connectivity index (χ1) is 12.6. The number of aromatic nitrogens is 4. The molecule has 1 saturated carbocycles. The molecular weight excluding hydrogens is 334 g/mol. The fraction of sp³-hybridized carbons (Fsp3) is 0.333. The molecule has 134 valence electrons. The van der Waals surface area contributed by atoms with Gasteiger partial charge >= 0.3 is 0 Å². The molecule has 8 nitrogen and oxygen atoms in total. The average molecular weight is 353 g/mol. The molecule has 0 radical (unpaired) electrons. The summed E-state index contributed by atoms with van der Waals surface area (Å²) in [6, 6.07) is 3.84. The Kier molecular flexibility index (Phi) is 3.95. The molecule has 1 aliphatic carbocycles. The average Bonchev–Trinajstić information content (AvgIpc) is 3.46. The number of anilines is 1. The molecule has 0 atom stereocenters. The van der Waals surface area contributed by atoms with Crippen LogP contribution in [0.2, 0.25) is 0 Å². The van der Waals surface area contributed by atoms with Gasteiger partial charge in [0.2, 0.25) is 17.7 Å². The second-order valence-electron chi connectivity index (χ2n) is 6.25. The number of ether oxygens (including phenoxy) is 2. The summed E-state index contributed by atoms with van der Waals surface area (Å²) in [6.07, 6.45) is 5.05. The number of hydrogen-bond acceptors (Lipinski definition) is 6. The van der Waals surface area contributed by atoms with Crippen molar-refractivity contribution in [1.82, 2.24) is 19.5 Å². The Labute approximate surface area is 150 Å². The van der Waals surface area contributed by atoms with E-state index in [0.717, 1.165) is 29.4 Å². The van der Waals surface area contributed by atoms with E-state index in [4.69, 9.17) is 9.47 Å². The third-order valence-electron chi connectivity index (χ3n) is 4.55. The second kappa shape index (κ2) is 6.29. The largest absolute Gasteiger partial charge is 0.480 e. The molecule has 3 heterocycles. The van der Waals surface area contributed by atoms with Gasteiger partial charge in [-0.2, -0.15) is 0 Å². The Balaban J connectivity index is 1.79. The molecule has 3 aromatic rings. The lowest BCUT2D eigenvalue weighted by molar-refractivity contribution is -0.117.